The van der Waals surface area contributed by atoms with Gasteiger partial charge in [0.15, 0.2) is 5.78 Å². The third-order valence-electron chi connectivity index (χ3n) is 9.14. The smallest absolute Gasteiger partial charge is 0.290 e. The van der Waals surface area contributed by atoms with Crippen molar-refractivity contribution in [3.8, 4) is 0 Å². The topological polar surface area (TPSA) is 139 Å². The number of ketones is 3. The fourth-order valence-electron chi connectivity index (χ4n) is 6.09. The normalized spacial score (nSPS) is 12.8. The van der Waals surface area contributed by atoms with Crippen LogP contribution in [0.3, 0.4) is 0 Å². The lowest BCUT2D eigenvalue weighted by molar-refractivity contribution is -0.142. The molecule has 276 valence electrons. The summed E-state index contributed by atoms with van der Waals surface area (Å²) >= 11 is 0. The van der Waals surface area contributed by atoms with E-state index in [-0.39, 0.29) is 43.8 Å². The number of hydrogen-bond donors (Lipinski definition) is 3. The summed E-state index contributed by atoms with van der Waals surface area (Å²) in [4.78, 5) is 80.3. The summed E-state index contributed by atoms with van der Waals surface area (Å²) in [5, 5.41) is 8.16. The molecule has 3 N–H and O–H groups in total. The molecule has 0 saturated carbocycles. The lowest BCUT2D eigenvalue weighted by atomic mass is 9.83. The van der Waals surface area contributed by atoms with E-state index in [9.17, 15) is 28.8 Å². The molecule has 3 amide bonds. The van der Waals surface area contributed by atoms with Crippen LogP contribution in [0, 0.1) is 11.3 Å². The lowest BCUT2D eigenvalue weighted by Crippen LogP contribution is -2.52. The molecule has 0 aliphatic heterocycles. The van der Waals surface area contributed by atoms with Gasteiger partial charge < -0.3 is 16.0 Å². The zero-order chi connectivity index (χ0) is 38.2. The first-order chi connectivity index (χ1) is 25.4. The van der Waals surface area contributed by atoms with Crippen LogP contribution < -0.4 is 16.0 Å². The Morgan fingerprint density at radius 2 is 1.11 bits per heavy atom. The minimum absolute atomic E-state index is 0.0496. The molecule has 0 saturated heterocycles. The molecule has 0 aliphatic rings. The summed E-state index contributed by atoms with van der Waals surface area (Å²) in [6, 6.07) is 35.0. The van der Waals surface area contributed by atoms with E-state index in [4.69, 9.17) is 0 Å². The third kappa shape index (κ3) is 13.1. The molecule has 0 spiro atoms. The van der Waals surface area contributed by atoms with Crippen molar-refractivity contribution in [3.63, 3.8) is 0 Å². The van der Waals surface area contributed by atoms with Crippen molar-refractivity contribution in [2.45, 2.75) is 71.4 Å². The van der Waals surface area contributed by atoms with Crippen LogP contribution in [0.2, 0.25) is 0 Å². The number of carbonyl (C=O) groups is 6. The van der Waals surface area contributed by atoms with Crippen molar-refractivity contribution in [1.29, 1.82) is 0 Å². The molecule has 4 aromatic carbocycles. The molecule has 3 unspecified atom stereocenters. The minimum Gasteiger partial charge on any atom is -0.355 e. The second-order valence-electron chi connectivity index (χ2n) is 14.1. The van der Waals surface area contributed by atoms with Crippen molar-refractivity contribution in [2.24, 2.45) is 11.3 Å². The number of nitrogens with one attached hydrogen (secondary N) is 3. The van der Waals surface area contributed by atoms with Crippen molar-refractivity contribution in [3.05, 3.63) is 144 Å². The molecule has 0 fully saturated rings. The van der Waals surface area contributed by atoms with Crippen molar-refractivity contribution in [2.75, 3.05) is 6.54 Å². The highest BCUT2D eigenvalue weighted by molar-refractivity contribution is 6.38. The van der Waals surface area contributed by atoms with Crippen LogP contribution in [0.25, 0.3) is 0 Å². The number of amides is 3. The average Bonchev–Trinajstić information content (AvgIpc) is 3.15. The summed E-state index contributed by atoms with van der Waals surface area (Å²) in [5.74, 6) is -4.10. The maximum atomic E-state index is 13.8. The van der Waals surface area contributed by atoms with Crippen molar-refractivity contribution < 1.29 is 28.8 Å². The van der Waals surface area contributed by atoms with Gasteiger partial charge in [-0.2, -0.15) is 0 Å². The number of hydrogen-bond acceptors (Lipinski definition) is 6. The fraction of sp³-hybridized carbons (Fsp3) is 0.318. The number of benzene rings is 4. The fourth-order valence-corrected chi connectivity index (χ4v) is 6.09. The Bertz CT molecular complexity index is 1830. The molecule has 53 heavy (non-hydrogen) atoms. The van der Waals surface area contributed by atoms with Crippen LogP contribution in [0.1, 0.15) is 55.9 Å². The second kappa shape index (κ2) is 19.8. The maximum Gasteiger partial charge on any atom is 0.290 e. The Labute approximate surface area is 312 Å². The largest absolute Gasteiger partial charge is 0.355 e. The summed E-state index contributed by atoms with van der Waals surface area (Å²) < 4.78 is 0. The number of Topliss-reactive ketones (excluding diaryl/α,β-unsaturated/α-hetero) is 3. The Kier molecular flexibility index (Phi) is 15.0. The first kappa shape index (κ1) is 40.1. The molecule has 4 aromatic rings. The van der Waals surface area contributed by atoms with E-state index >= 15 is 0 Å². The first-order valence-electron chi connectivity index (χ1n) is 18.0. The molecule has 0 aromatic heterocycles. The molecule has 0 heterocycles. The van der Waals surface area contributed by atoms with E-state index in [1.54, 1.807) is 13.8 Å². The van der Waals surface area contributed by atoms with E-state index in [0.717, 1.165) is 22.3 Å². The van der Waals surface area contributed by atoms with Gasteiger partial charge in [-0.15, -0.1) is 0 Å². The van der Waals surface area contributed by atoms with Gasteiger partial charge in [-0.3, -0.25) is 28.8 Å². The monoisotopic (exact) mass is 715 g/mol. The second-order valence-corrected chi connectivity index (χ2v) is 14.1. The van der Waals surface area contributed by atoms with Crippen LogP contribution in [0.15, 0.2) is 121 Å². The number of rotatable bonds is 20. The van der Waals surface area contributed by atoms with E-state index in [1.165, 1.54) is 6.92 Å². The SMILES string of the molecule is CC(NC(=O)C(CC(=O)Cc1ccccc1)Cc1ccccc1)C(=O)C(=O)NC(Cc1ccccc1)C(=O)CC(C)(C)C(=O)NCCc1ccccc1. The van der Waals surface area contributed by atoms with Gasteiger partial charge in [-0.25, -0.2) is 0 Å². The molecular formula is C44H49N3O6. The Morgan fingerprint density at radius 1 is 0.623 bits per heavy atom. The molecule has 0 aliphatic carbocycles. The Balaban J connectivity index is 1.40. The molecule has 9 nitrogen and oxygen atoms in total. The summed E-state index contributed by atoms with van der Waals surface area (Å²) in [6.45, 7) is 5.14. The van der Waals surface area contributed by atoms with Gasteiger partial charge in [-0.1, -0.05) is 135 Å². The van der Waals surface area contributed by atoms with Crippen LogP contribution in [0.5, 0.6) is 0 Å². The van der Waals surface area contributed by atoms with Gasteiger partial charge in [0.2, 0.25) is 17.6 Å². The first-order valence-corrected chi connectivity index (χ1v) is 18.0. The minimum atomic E-state index is -1.23. The molecule has 3 atom stereocenters. The van der Waals surface area contributed by atoms with Crippen molar-refractivity contribution >= 4 is 35.1 Å². The predicted molar refractivity (Wildman–Crippen MR) is 205 cm³/mol. The standard InChI is InChI=1S/C44H49N3O6/c1-31(46-41(51)36(26-33-18-10-5-11-19-33)29-37(48)27-34-20-12-6-13-21-34)40(50)42(52)47-38(28-35-22-14-7-15-23-35)39(49)30-44(2,3)43(53)45-25-24-32-16-8-4-9-17-32/h4-23,31,36,38H,24-30H2,1-3H3,(H,45,53)(H,46,51)(H,47,52). The summed E-state index contributed by atoms with van der Waals surface area (Å²) in [7, 11) is 0. The van der Waals surface area contributed by atoms with E-state index in [0.29, 0.717) is 13.0 Å². The molecule has 9 heteroatoms. The van der Waals surface area contributed by atoms with Crippen LogP contribution in [0.4, 0.5) is 0 Å². The van der Waals surface area contributed by atoms with Crippen molar-refractivity contribution in [1.82, 2.24) is 16.0 Å². The molecule has 0 radical (unpaired) electrons. The van der Waals surface area contributed by atoms with Gasteiger partial charge in [0.25, 0.3) is 5.91 Å². The highest BCUT2D eigenvalue weighted by Gasteiger charge is 2.35. The van der Waals surface area contributed by atoms with Gasteiger partial charge in [-0.05, 0) is 48.4 Å². The van der Waals surface area contributed by atoms with E-state index in [1.807, 2.05) is 121 Å². The predicted octanol–water partition coefficient (Wildman–Crippen LogP) is 5.19. The van der Waals surface area contributed by atoms with Gasteiger partial charge >= 0.3 is 0 Å². The zero-order valence-electron chi connectivity index (χ0n) is 30.7. The summed E-state index contributed by atoms with van der Waals surface area (Å²) in [5.41, 5.74) is 2.43. The highest BCUT2D eigenvalue weighted by atomic mass is 16.2. The third-order valence-corrected chi connectivity index (χ3v) is 9.14. The quantitative estimate of drug-likeness (QED) is 0.108. The van der Waals surface area contributed by atoms with Gasteiger partial charge in [0.1, 0.15) is 5.78 Å². The van der Waals surface area contributed by atoms with Crippen LogP contribution >= 0.6 is 0 Å². The zero-order valence-corrected chi connectivity index (χ0v) is 30.7. The highest BCUT2D eigenvalue weighted by Crippen LogP contribution is 2.23. The van der Waals surface area contributed by atoms with Gasteiger partial charge in [0.05, 0.1) is 17.5 Å². The van der Waals surface area contributed by atoms with E-state index in [2.05, 4.69) is 16.0 Å². The van der Waals surface area contributed by atoms with Crippen LogP contribution in [-0.4, -0.2) is 53.7 Å². The molecule has 4 rings (SSSR count). The van der Waals surface area contributed by atoms with Gasteiger partial charge in [0, 0.05) is 31.7 Å². The maximum absolute atomic E-state index is 13.8. The van der Waals surface area contributed by atoms with Crippen LogP contribution in [-0.2, 0) is 54.5 Å². The number of carbonyl (C=O) groups excluding carboxylic acids is 6. The van der Waals surface area contributed by atoms with E-state index < -0.39 is 46.8 Å². The average molecular weight is 716 g/mol. The summed E-state index contributed by atoms with van der Waals surface area (Å²) in [6.07, 6.45) is 0.945. The Hall–Kier alpha value is -5.70. The molecular weight excluding hydrogens is 666 g/mol. The molecule has 0 bridgehead atoms. The Morgan fingerprint density at radius 3 is 1.66 bits per heavy atom. The lowest BCUT2D eigenvalue weighted by Gasteiger charge is -2.26.